The Labute approximate surface area is 238 Å². The number of anilines is 2. The fraction of sp³-hybridized carbons (Fsp3) is 0. The van der Waals surface area contributed by atoms with Crippen LogP contribution in [-0.2, 0) is 9.84 Å². The summed E-state index contributed by atoms with van der Waals surface area (Å²) in [6, 6.07) is 41.4. The summed E-state index contributed by atoms with van der Waals surface area (Å²) in [5.41, 5.74) is 9.31. The van der Waals surface area contributed by atoms with Gasteiger partial charge in [0.15, 0.2) is 0 Å². The molecule has 0 heterocycles. The van der Waals surface area contributed by atoms with Crippen LogP contribution < -0.4 is 10.9 Å². The number of hydrogen-bond donors (Lipinski definition) is 2. The normalized spacial score (nSPS) is 11.9. The second-order valence-electron chi connectivity index (χ2n) is 9.43. The Morgan fingerprint density at radius 3 is 1.29 bits per heavy atom. The minimum Gasteiger partial charge on any atom is -0.279 e. The predicted molar refractivity (Wildman–Crippen MR) is 169 cm³/mol. The van der Waals surface area contributed by atoms with Gasteiger partial charge >= 0.3 is 0 Å². The summed E-state index contributed by atoms with van der Waals surface area (Å²) >= 11 is 0. The number of sulfone groups is 1. The molecule has 6 aromatic rings. The first-order valence-corrected chi connectivity index (χ1v) is 14.6. The number of fused-ring (bicyclic) bond motifs is 2. The van der Waals surface area contributed by atoms with E-state index in [1.165, 1.54) is 0 Å². The summed E-state index contributed by atoms with van der Waals surface area (Å²) in [6.07, 6.45) is 3.52. The molecule has 41 heavy (non-hydrogen) atoms. The summed E-state index contributed by atoms with van der Waals surface area (Å²) in [6.45, 7) is 0. The standard InChI is InChI=1S/C34H26N4O2S/c39-41(40,31-19-15-29(16-20-31)37-35-23-27-11-5-9-25-7-1-3-13-33(25)27)32-21-17-30(18-22-32)38-36-24-28-12-6-10-26-8-2-4-14-34(26)28/h1-24,37-38H. The zero-order valence-corrected chi connectivity index (χ0v) is 22.8. The molecule has 7 heteroatoms. The van der Waals surface area contributed by atoms with Crippen molar-refractivity contribution >= 4 is 55.2 Å². The highest BCUT2D eigenvalue weighted by atomic mass is 32.2. The average molecular weight is 555 g/mol. The summed E-state index contributed by atoms with van der Waals surface area (Å²) in [5, 5.41) is 13.2. The third-order valence-electron chi connectivity index (χ3n) is 6.77. The molecule has 6 nitrogen and oxygen atoms in total. The molecule has 0 aromatic heterocycles. The number of nitrogens with one attached hydrogen (secondary N) is 2. The molecule has 6 rings (SSSR count). The second-order valence-corrected chi connectivity index (χ2v) is 11.4. The van der Waals surface area contributed by atoms with E-state index in [9.17, 15) is 8.42 Å². The zero-order valence-electron chi connectivity index (χ0n) is 22.0. The summed E-state index contributed by atoms with van der Waals surface area (Å²) < 4.78 is 26.4. The van der Waals surface area contributed by atoms with Crippen LogP contribution in [0.1, 0.15) is 11.1 Å². The van der Waals surface area contributed by atoms with Crippen LogP contribution in [0.3, 0.4) is 0 Å². The van der Waals surface area contributed by atoms with Gasteiger partial charge in [0.25, 0.3) is 0 Å². The van der Waals surface area contributed by atoms with E-state index in [0.29, 0.717) is 11.4 Å². The Kier molecular flexibility index (Phi) is 7.26. The molecule has 0 aliphatic carbocycles. The highest BCUT2D eigenvalue weighted by Crippen LogP contribution is 2.24. The lowest BCUT2D eigenvalue weighted by atomic mass is 10.1. The Hall–Kier alpha value is -5.27. The number of nitrogens with zero attached hydrogens (tertiary/aromatic N) is 2. The minimum atomic E-state index is -3.68. The molecular weight excluding hydrogens is 528 g/mol. The van der Waals surface area contributed by atoms with Crippen LogP contribution >= 0.6 is 0 Å². The van der Waals surface area contributed by atoms with E-state index in [0.717, 1.165) is 32.7 Å². The smallest absolute Gasteiger partial charge is 0.206 e. The SMILES string of the molecule is O=S(=O)(c1ccc(NN=Cc2cccc3ccccc23)cc1)c1ccc(NN=Cc2cccc3ccccc23)cc1. The Bertz CT molecular complexity index is 1850. The van der Waals surface area contributed by atoms with Gasteiger partial charge in [-0.2, -0.15) is 10.2 Å². The van der Waals surface area contributed by atoms with Crippen molar-refractivity contribution in [1.29, 1.82) is 0 Å². The molecule has 2 N–H and O–H groups in total. The molecule has 0 fully saturated rings. The minimum absolute atomic E-state index is 0.204. The molecule has 6 aromatic carbocycles. The van der Waals surface area contributed by atoms with Gasteiger partial charge in [-0.3, -0.25) is 10.9 Å². The van der Waals surface area contributed by atoms with Crippen molar-refractivity contribution in [1.82, 2.24) is 0 Å². The van der Waals surface area contributed by atoms with Crippen molar-refractivity contribution < 1.29 is 8.42 Å². The lowest BCUT2D eigenvalue weighted by Crippen LogP contribution is -2.02. The molecule has 0 unspecified atom stereocenters. The van der Waals surface area contributed by atoms with E-state index in [4.69, 9.17) is 0 Å². The highest BCUT2D eigenvalue weighted by molar-refractivity contribution is 7.91. The largest absolute Gasteiger partial charge is 0.279 e. The molecular formula is C34H26N4O2S. The monoisotopic (exact) mass is 554 g/mol. The van der Waals surface area contributed by atoms with Crippen molar-refractivity contribution in [3.63, 3.8) is 0 Å². The van der Waals surface area contributed by atoms with E-state index >= 15 is 0 Å². The van der Waals surface area contributed by atoms with Gasteiger partial charge in [0, 0.05) is 11.1 Å². The van der Waals surface area contributed by atoms with Gasteiger partial charge in [-0.25, -0.2) is 8.42 Å². The first-order valence-electron chi connectivity index (χ1n) is 13.1. The number of benzene rings is 6. The number of hydrogen-bond acceptors (Lipinski definition) is 6. The van der Waals surface area contributed by atoms with Crippen molar-refractivity contribution in [3.8, 4) is 0 Å². The fourth-order valence-electron chi connectivity index (χ4n) is 4.63. The molecule has 0 aliphatic heterocycles. The molecule has 0 atom stereocenters. The van der Waals surface area contributed by atoms with E-state index in [1.54, 1.807) is 61.0 Å². The van der Waals surface area contributed by atoms with Crippen LogP contribution in [0.15, 0.2) is 153 Å². The van der Waals surface area contributed by atoms with Gasteiger partial charge in [0.2, 0.25) is 9.84 Å². The van der Waals surface area contributed by atoms with E-state index in [2.05, 4.69) is 57.5 Å². The van der Waals surface area contributed by atoms with Crippen LogP contribution in [0.5, 0.6) is 0 Å². The van der Waals surface area contributed by atoms with Crippen LogP contribution in [0.2, 0.25) is 0 Å². The summed E-state index contributed by atoms with van der Waals surface area (Å²) in [4.78, 5) is 0.409. The lowest BCUT2D eigenvalue weighted by molar-refractivity contribution is 0.596. The van der Waals surface area contributed by atoms with Gasteiger partial charge in [0.05, 0.1) is 33.6 Å². The molecule has 200 valence electrons. The van der Waals surface area contributed by atoms with E-state index < -0.39 is 9.84 Å². The maximum Gasteiger partial charge on any atom is 0.206 e. The Balaban J connectivity index is 1.10. The maximum atomic E-state index is 13.2. The molecule has 0 radical (unpaired) electrons. The van der Waals surface area contributed by atoms with Gasteiger partial charge in [-0.1, -0.05) is 84.9 Å². The van der Waals surface area contributed by atoms with Crippen LogP contribution in [0.25, 0.3) is 21.5 Å². The first kappa shape index (κ1) is 26.0. The third kappa shape index (κ3) is 5.71. The van der Waals surface area contributed by atoms with E-state index in [-0.39, 0.29) is 9.79 Å². The van der Waals surface area contributed by atoms with Crippen molar-refractivity contribution in [2.45, 2.75) is 9.79 Å². The Morgan fingerprint density at radius 1 is 0.463 bits per heavy atom. The quantitative estimate of drug-likeness (QED) is 0.149. The Morgan fingerprint density at radius 2 is 0.854 bits per heavy atom. The first-order chi connectivity index (χ1) is 20.1. The third-order valence-corrected chi connectivity index (χ3v) is 8.56. The van der Waals surface area contributed by atoms with Crippen LogP contribution in [-0.4, -0.2) is 20.8 Å². The van der Waals surface area contributed by atoms with Crippen molar-refractivity contribution in [2.24, 2.45) is 10.2 Å². The predicted octanol–water partition coefficient (Wildman–Crippen LogP) is 7.72. The maximum absolute atomic E-state index is 13.2. The fourth-order valence-corrected chi connectivity index (χ4v) is 5.89. The molecule has 0 saturated heterocycles. The summed E-state index contributed by atoms with van der Waals surface area (Å²) in [5.74, 6) is 0. The number of hydrazone groups is 2. The zero-order chi connectivity index (χ0) is 28.1. The highest BCUT2D eigenvalue weighted by Gasteiger charge is 2.17. The van der Waals surface area contributed by atoms with Gasteiger partial charge in [-0.05, 0) is 70.1 Å². The average Bonchev–Trinajstić information content (AvgIpc) is 3.02. The lowest BCUT2D eigenvalue weighted by Gasteiger charge is -2.07. The molecule has 0 saturated carbocycles. The van der Waals surface area contributed by atoms with Crippen LogP contribution in [0, 0.1) is 0 Å². The van der Waals surface area contributed by atoms with Crippen molar-refractivity contribution in [3.05, 3.63) is 145 Å². The molecule has 0 amide bonds. The summed E-state index contributed by atoms with van der Waals surface area (Å²) in [7, 11) is -3.68. The van der Waals surface area contributed by atoms with Gasteiger partial charge in [-0.15, -0.1) is 0 Å². The van der Waals surface area contributed by atoms with Crippen molar-refractivity contribution in [2.75, 3.05) is 10.9 Å². The van der Waals surface area contributed by atoms with Crippen LogP contribution in [0.4, 0.5) is 11.4 Å². The molecule has 0 bridgehead atoms. The van der Waals surface area contributed by atoms with Gasteiger partial charge < -0.3 is 0 Å². The second kappa shape index (κ2) is 11.5. The topological polar surface area (TPSA) is 82.9 Å². The number of rotatable bonds is 8. The molecule has 0 spiro atoms. The molecule has 0 aliphatic rings. The van der Waals surface area contributed by atoms with E-state index in [1.807, 2.05) is 48.5 Å². The van der Waals surface area contributed by atoms with Gasteiger partial charge in [0.1, 0.15) is 0 Å².